The molecule has 2 heterocycles. The number of Topliss-reactive ketones (excluding diaryl/α,β-unsaturated/α-hetero) is 1. The molecule has 1 aliphatic rings. The summed E-state index contributed by atoms with van der Waals surface area (Å²) in [4.78, 5) is 26.6. The average Bonchev–Trinajstić information content (AvgIpc) is 2.46. The van der Waals surface area contributed by atoms with Gasteiger partial charge in [0, 0.05) is 36.1 Å². The van der Waals surface area contributed by atoms with Crippen LogP contribution in [0, 0.1) is 9.93 Å². The molecule has 0 amide bonds. The zero-order valence-electron chi connectivity index (χ0n) is 7.65. The molecule has 0 radical (unpaired) electrons. The number of carbonyl (C=O) groups excluding carboxylic acids is 1. The Kier molecular flexibility index (Phi) is 3.84. The van der Waals surface area contributed by atoms with Gasteiger partial charge in [0.25, 0.3) is 0 Å². The number of fused-ring (bicyclic) bond motifs is 1. The highest BCUT2D eigenvalue weighted by molar-refractivity contribution is 7.97. The molecule has 0 unspecified atom stereocenters. The average molecular weight is 214 g/mol. The molecule has 76 valence electrons. The summed E-state index contributed by atoms with van der Waals surface area (Å²) in [7, 11) is 1.91. The van der Waals surface area contributed by atoms with Crippen molar-refractivity contribution in [3.05, 3.63) is 27.9 Å². The molecule has 0 aliphatic carbocycles. The van der Waals surface area contributed by atoms with E-state index >= 15 is 0 Å². The van der Waals surface area contributed by atoms with Gasteiger partial charge in [-0.1, -0.05) is 0 Å². The van der Waals surface area contributed by atoms with Gasteiger partial charge in [-0.25, -0.2) is 0 Å². The molecule has 0 atom stereocenters. The molecule has 0 saturated carbocycles. The second kappa shape index (κ2) is 4.92. The zero-order valence-corrected chi connectivity index (χ0v) is 8.47. The summed E-state index contributed by atoms with van der Waals surface area (Å²) in [5.41, 5.74) is 0.838. The molecule has 0 spiro atoms. The number of rotatable bonds is 0. The lowest BCUT2D eigenvalue weighted by Gasteiger charge is -1.99. The Morgan fingerprint density at radius 2 is 2.21 bits per heavy atom. The summed E-state index contributed by atoms with van der Waals surface area (Å²) < 4.78 is 5.02. The van der Waals surface area contributed by atoms with Crippen LogP contribution in [0.15, 0.2) is 17.2 Å². The number of aromatic nitrogens is 1. The lowest BCUT2D eigenvalue weighted by Crippen LogP contribution is -2.09. The maximum atomic E-state index is 11.5. The number of aryl methyl sites for hydroxylation is 1. The Balaban J connectivity index is 0.000000461. The fourth-order valence-corrected chi connectivity index (χ4v) is 2.18. The van der Waals surface area contributed by atoms with Crippen LogP contribution in [0.4, 0.5) is 0 Å². The van der Waals surface area contributed by atoms with Gasteiger partial charge in [-0.15, -0.1) is 0 Å². The minimum Gasteiger partial charge on any atom is -0.347 e. The normalized spacial score (nSPS) is 15.1. The second-order valence-corrected chi connectivity index (χ2v) is 3.74. The summed E-state index contributed by atoms with van der Waals surface area (Å²) in [6.45, 7) is 0.762. The van der Waals surface area contributed by atoms with Gasteiger partial charge < -0.3 is 4.57 Å². The van der Waals surface area contributed by atoms with Gasteiger partial charge in [0.15, 0.2) is 5.78 Å². The first-order chi connectivity index (χ1) is 6.79. The fraction of sp³-hybridized carbons (Fsp3) is 0.375. The molecule has 1 aromatic rings. The molecule has 0 saturated heterocycles. The van der Waals surface area contributed by atoms with Crippen LogP contribution in [0.25, 0.3) is 0 Å². The Labute approximate surface area is 85.2 Å². The van der Waals surface area contributed by atoms with Crippen molar-refractivity contribution in [3.8, 4) is 0 Å². The predicted octanol–water partition coefficient (Wildman–Crippen LogP) is 1.28. The molecule has 6 heteroatoms. The van der Waals surface area contributed by atoms with Crippen molar-refractivity contribution in [1.82, 2.24) is 9.29 Å². The first kappa shape index (κ1) is 10.9. The van der Waals surface area contributed by atoms with Crippen LogP contribution in [0.2, 0.25) is 0 Å². The summed E-state index contributed by atoms with van der Waals surface area (Å²) in [5, 5.41) is 0. The van der Waals surface area contributed by atoms with Gasteiger partial charge in [0.1, 0.15) is 0 Å². The minimum absolute atomic E-state index is 0.231. The van der Waals surface area contributed by atoms with Crippen LogP contribution in [-0.2, 0) is 7.05 Å². The van der Waals surface area contributed by atoms with Crippen LogP contribution in [-0.4, -0.2) is 16.9 Å². The highest BCUT2D eigenvalue weighted by Crippen LogP contribution is 2.24. The number of hydrogen-bond donors (Lipinski definition) is 1. The quantitative estimate of drug-likeness (QED) is 0.659. The SMILES string of the molecule is Cn1ccc2c1C(=O)CCNS2.O=O. The molecule has 2 rings (SSSR count). The van der Waals surface area contributed by atoms with E-state index in [9.17, 15) is 4.79 Å². The summed E-state index contributed by atoms with van der Waals surface area (Å²) in [6.07, 6.45) is 2.51. The van der Waals surface area contributed by atoms with E-state index in [1.54, 1.807) is 11.9 Å². The highest BCUT2D eigenvalue weighted by atomic mass is 32.2. The number of ketones is 1. The van der Waals surface area contributed by atoms with E-state index in [4.69, 9.17) is 9.93 Å². The molecule has 14 heavy (non-hydrogen) atoms. The molecular formula is C8H10N2O3S. The lowest BCUT2D eigenvalue weighted by molar-refractivity contribution is 0.0975. The molecule has 0 aromatic carbocycles. The maximum absolute atomic E-state index is 11.5. The molecule has 1 N–H and O–H groups in total. The summed E-state index contributed by atoms with van der Waals surface area (Å²) >= 11 is 1.54. The van der Waals surface area contributed by atoms with Crippen LogP contribution in [0.1, 0.15) is 16.9 Å². The van der Waals surface area contributed by atoms with Crippen molar-refractivity contribution in [2.75, 3.05) is 6.54 Å². The smallest absolute Gasteiger partial charge is 0.181 e. The van der Waals surface area contributed by atoms with E-state index in [2.05, 4.69) is 4.72 Å². The van der Waals surface area contributed by atoms with Crippen LogP contribution < -0.4 is 4.72 Å². The zero-order chi connectivity index (χ0) is 10.6. The van der Waals surface area contributed by atoms with Gasteiger partial charge >= 0.3 is 0 Å². The number of nitrogens with zero attached hydrogens (tertiary/aromatic N) is 1. The first-order valence-corrected chi connectivity index (χ1v) is 4.85. The van der Waals surface area contributed by atoms with Crippen molar-refractivity contribution in [2.24, 2.45) is 7.05 Å². The molecule has 1 aliphatic heterocycles. The van der Waals surface area contributed by atoms with Crippen LogP contribution in [0.5, 0.6) is 0 Å². The fourth-order valence-electron chi connectivity index (χ4n) is 1.33. The van der Waals surface area contributed by atoms with Crippen molar-refractivity contribution in [3.63, 3.8) is 0 Å². The van der Waals surface area contributed by atoms with Gasteiger partial charge in [0.05, 0.1) is 10.6 Å². The van der Waals surface area contributed by atoms with Gasteiger partial charge in [-0.3, -0.25) is 9.52 Å². The molecule has 5 nitrogen and oxygen atoms in total. The summed E-state index contributed by atoms with van der Waals surface area (Å²) in [6, 6.07) is 1.97. The van der Waals surface area contributed by atoms with Crippen LogP contribution in [0.3, 0.4) is 0 Å². The topological polar surface area (TPSA) is 68.2 Å². The third-order valence-corrected chi connectivity index (χ3v) is 2.83. The monoisotopic (exact) mass is 214 g/mol. The third kappa shape index (κ3) is 2.02. The van der Waals surface area contributed by atoms with Crippen molar-refractivity contribution in [1.29, 1.82) is 0 Å². The van der Waals surface area contributed by atoms with Gasteiger partial charge in [-0.05, 0) is 18.0 Å². The molecule has 1 aromatic heterocycles. The largest absolute Gasteiger partial charge is 0.347 e. The van der Waals surface area contributed by atoms with Gasteiger partial charge in [-0.2, -0.15) is 0 Å². The molecule has 0 bridgehead atoms. The Morgan fingerprint density at radius 1 is 1.50 bits per heavy atom. The minimum atomic E-state index is 0.231. The number of hydrogen-bond acceptors (Lipinski definition) is 5. The Morgan fingerprint density at radius 3 is 2.93 bits per heavy atom. The second-order valence-electron chi connectivity index (χ2n) is 2.81. The van der Waals surface area contributed by atoms with E-state index in [0.717, 1.165) is 17.1 Å². The molecular weight excluding hydrogens is 204 g/mol. The van der Waals surface area contributed by atoms with Gasteiger partial charge in [0.2, 0.25) is 0 Å². The van der Waals surface area contributed by atoms with Crippen LogP contribution >= 0.6 is 11.9 Å². The van der Waals surface area contributed by atoms with E-state index in [1.165, 1.54) is 0 Å². The lowest BCUT2D eigenvalue weighted by atomic mass is 10.2. The van der Waals surface area contributed by atoms with E-state index in [0.29, 0.717) is 6.42 Å². The maximum Gasteiger partial charge on any atom is 0.181 e. The van der Waals surface area contributed by atoms with E-state index in [1.807, 2.05) is 23.9 Å². The predicted molar refractivity (Wildman–Crippen MR) is 55.0 cm³/mol. The Hall–Kier alpha value is -1.14. The van der Waals surface area contributed by atoms with Crippen molar-refractivity contribution < 1.29 is 4.79 Å². The van der Waals surface area contributed by atoms with Crippen molar-refractivity contribution >= 4 is 17.7 Å². The summed E-state index contributed by atoms with van der Waals surface area (Å²) in [5.74, 6) is 0.231. The van der Waals surface area contributed by atoms with E-state index < -0.39 is 0 Å². The Bertz CT molecular complexity index is 337. The molecule has 0 fully saturated rings. The highest BCUT2D eigenvalue weighted by Gasteiger charge is 2.18. The number of nitrogens with one attached hydrogen (secondary N) is 1. The standard InChI is InChI=1S/C8H10N2OS.O2/c1-10-5-3-7-8(10)6(11)2-4-9-12-7;1-2/h3,5,9H,2,4H2,1H3;. The van der Waals surface area contributed by atoms with Crippen molar-refractivity contribution in [2.45, 2.75) is 11.3 Å². The third-order valence-electron chi connectivity index (χ3n) is 1.94. The number of carbonyl (C=O) groups is 1. The first-order valence-electron chi connectivity index (χ1n) is 4.04. The van der Waals surface area contributed by atoms with E-state index in [-0.39, 0.29) is 5.78 Å².